The van der Waals surface area contributed by atoms with Crippen molar-refractivity contribution >= 4 is 24.4 Å². The predicted molar refractivity (Wildman–Crippen MR) is 31.0 cm³/mol. The molecule has 0 aliphatic heterocycles. The molecule has 0 aliphatic rings. The number of nitrogens with one attached hydrogen (secondary N) is 1. The highest BCUT2D eigenvalue weighted by atomic mass is 32.2. The van der Waals surface area contributed by atoms with Crippen LogP contribution in [0.4, 0.5) is 9.59 Å². The number of hydrogen-bond donors (Lipinski definition) is 3. The summed E-state index contributed by atoms with van der Waals surface area (Å²) in [5.41, 5.74) is 9.08. The van der Waals surface area contributed by atoms with Gasteiger partial charge in [-0.05, 0) is 0 Å². The summed E-state index contributed by atoms with van der Waals surface area (Å²) >= 11 is 0.370. The van der Waals surface area contributed by atoms with E-state index in [1.54, 1.807) is 0 Å². The fourth-order valence-corrected chi connectivity index (χ4v) is 0.309. The molecule has 0 rings (SSSR count). The average molecular weight is 151 g/mol. The van der Waals surface area contributed by atoms with Gasteiger partial charge in [-0.3, -0.25) is 0 Å². The minimum Gasteiger partial charge on any atom is -0.353 e. The number of carbonyl (C=O) groups is 2. The Balaban J connectivity index is 3.10. The maximum absolute atomic E-state index is 9.84. The predicted octanol–water partition coefficient (Wildman–Crippen LogP) is -0.687. The van der Waals surface area contributed by atoms with E-state index in [-0.39, 0.29) is 0 Å². The monoisotopic (exact) mass is 151 g/mol. The summed E-state index contributed by atoms with van der Waals surface area (Å²) in [7, 11) is 0. The van der Waals surface area contributed by atoms with Crippen molar-refractivity contribution in [2.75, 3.05) is 0 Å². The normalized spacial score (nSPS) is 8.00. The van der Waals surface area contributed by atoms with E-state index >= 15 is 0 Å². The molecule has 0 bridgehead atoms. The Hall–Kier alpha value is -1.11. The van der Waals surface area contributed by atoms with E-state index < -0.39 is 12.1 Å². The van der Waals surface area contributed by atoms with Crippen LogP contribution in [0.3, 0.4) is 0 Å². The van der Waals surface area contributed by atoms with Crippen LogP contribution in [0.25, 0.3) is 0 Å². The maximum atomic E-state index is 9.84. The Labute approximate surface area is 55.2 Å². The van der Waals surface area contributed by atoms with Crippen LogP contribution in [-0.4, -0.2) is 12.1 Å². The van der Waals surface area contributed by atoms with Crippen molar-refractivity contribution in [3.8, 4) is 0 Å². The van der Waals surface area contributed by atoms with Crippen molar-refractivity contribution in [2.45, 2.75) is 0 Å². The van der Waals surface area contributed by atoms with Crippen LogP contribution >= 0.6 is 12.2 Å². The first-order chi connectivity index (χ1) is 4.13. The second kappa shape index (κ2) is 3.84. The van der Waals surface area contributed by atoms with Gasteiger partial charge in [0.2, 0.25) is 0 Å². The molecule has 0 spiro atoms. The van der Waals surface area contributed by atoms with Crippen LogP contribution in [0.5, 0.6) is 0 Å². The third-order valence-corrected chi connectivity index (χ3v) is 0.798. The highest BCUT2D eigenvalue weighted by molar-refractivity contribution is 7.93. The first kappa shape index (κ1) is 7.89. The van der Waals surface area contributed by atoms with Crippen LogP contribution in [0.1, 0.15) is 0 Å². The van der Waals surface area contributed by atoms with E-state index in [4.69, 9.17) is 0 Å². The molecule has 0 unspecified atom stereocenters. The summed E-state index contributed by atoms with van der Waals surface area (Å²) in [4.78, 5) is 19.6. The minimum atomic E-state index is -0.992. The smallest absolute Gasteiger partial charge is 0.353 e. The van der Waals surface area contributed by atoms with Gasteiger partial charge in [-0.1, -0.05) is 0 Å². The number of rotatable bonds is 2. The van der Waals surface area contributed by atoms with Crippen molar-refractivity contribution in [3.63, 3.8) is 0 Å². The van der Waals surface area contributed by atoms with Crippen LogP contribution < -0.4 is 16.2 Å². The Bertz CT molecular complexity index is 112. The van der Waals surface area contributed by atoms with Gasteiger partial charge in [0.1, 0.15) is 0 Å². The third-order valence-electron chi connectivity index (χ3n) is 0.266. The lowest BCUT2D eigenvalue weighted by Gasteiger charge is -1.95. The fourth-order valence-electron chi connectivity index (χ4n) is 0.103. The molecule has 0 heterocycles. The van der Waals surface area contributed by atoms with E-state index in [9.17, 15) is 9.59 Å². The summed E-state index contributed by atoms with van der Waals surface area (Å²) in [5, 5.41) is 0. The second-order valence-corrected chi connectivity index (χ2v) is 1.49. The molecule has 0 atom stereocenters. The molecule has 52 valence electrons. The van der Waals surface area contributed by atoms with Crippen LogP contribution in [-0.2, 0) is 4.18 Å². The zero-order chi connectivity index (χ0) is 7.28. The first-order valence-electron chi connectivity index (χ1n) is 1.81. The Morgan fingerprint density at radius 1 is 1.44 bits per heavy atom. The molecule has 0 saturated carbocycles. The van der Waals surface area contributed by atoms with Crippen molar-refractivity contribution in [3.05, 3.63) is 0 Å². The Kier molecular flexibility index (Phi) is 3.37. The summed E-state index contributed by atoms with van der Waals surface area (Å²) < 4.78 is 5.91. The molecule has 0 radical (unpaired) electrons. The first-order valence-corrected chi connectivity index (χ1v) is 2.55. The number of hydrogen-bond acceptors (Lipinski definition) is 4. The highest BCUT2D eigenvalue weighted by Crippen LogP contribution is 1.92. The van der Waals surface area contributed by atoms with Crippen LogP contribution in [0.2, 0.25) is 0 Å². The fraction of sp³-hybridized carbons (Fsp3) is 0. The molecule has 9 heavy (non-hydrogen) atoms. The summed E-state index contributed by atoms with van der Waals surface area (Å²) in [6, 6.07) is -0.804. The molecule has 6 nitrogen and oxygen atoms in total. The molecular formula is C2H5N3O3S. The molecule has 0 aromatic rings. The van der Waals surface area contributed by atoms with Gasteiger partial charge in [0.05, 0.1) is 0 Å². The van der Waals surface area contributed by atoms with E-state index in [0.717, 1.165) is 0 Å². The van der Waals surface area contributed by atoms with Gasteiger partial charge in [-0.2, -0.15) is 0 Å². The molecule has 0 aromatic carbocycles. The van der Waals surface area contributed by atoms with Crippen molar-refractivity contribution in [1.29, 1.82) is 0 Å². The van der Waals surface area contributed by atoms with E-state index in [1.165, 1.54) is 0 Å². The van der Waals surface area contributed by atoms with Gasteiger partial charge < -0.3 is 15.7 Å². The van der Waals surface area contributed by atoms with Gasteiger partial charge in [0.25, 0.3) is 0 Å². The quantitative estimate of drug-likeness (QED) is 0.358. The summed E-state index contributed by atoms with van der Waals surface area (Å²) in [5.74, 6) is 0. The molecule has 5 N–H and O–H groups in total. The Morgan fingerprint density at radius 3 is 2.33 bits per heavy atom. The lowest BCUT2D eigenvalue weighted by molar-refractivity contribution is 0.218. The molecule has 0 aliphatic carbocycles. The van der Waals surface area contributed by atoms with E-state index in [1.807, 2.05) is 4.72 Å². The molecular weight excluding hydrogens is 146 g/mol. The Morgan fingerprint density at radius 2 is 2.00 bits per heavy atom. The van der Waals surface area contributed by atoms with Crippen molar-refractivity contribution < 1.29 is 13.8 Å². The molecule has 0 fully saturated rings. The lowest BCUT2D eigenvalue weighted by atomic mass is 11.2. The van der Waals surface area contributed by atoms with Gasteiger partial charge in [-0.15, -0.1) is 0 Å². The number of urea groups is 1. The zero-order valence-electron chi connectivity index (χ0n) is 4.29. The molecule has 7 heteroatoms. The summed E-state index contributed by atoms with van der Waals surface area (Å²) in [6.07, 6.45) is -0.992. The van der Waals surface area contributed by atoms with E-state index in [0.29, 0.717) is 12.2 Å². The highest BCUT2D eigenvalue weighted by Gasteiger charge is 1.95. The second-order valence-electron chi connectivity index (χ2n) is 0.952. The molecule has 0 saturated heterocycles. The van der Waals surface area contributed by atoms with E-state index in [2.05, 4.69) is 15.7 Å². The standard InChI is InChI=1S/C2H5N3O3S/c3-1(6)5-9-8-2(4)7/h(H2,4,7)(H3,3,5,6). The maximum Gasteiger partial charge on any atom is 0.418 e. The number of primary amides is 2. The van der Waals surface area contributed by atoms with Gasteiger partial charge in [0, 0.05) is 0 Å². The SMILES string of the molecule is NC(=O)NSOC(N)=O. The number of nitrogens with two attached hydrogens (primary N) is 2. The molecule has 3 amide bonds. The van der Waals surface area contributed by atoms with Crippen LogP contribution in [0.15, 0.2) is 0 Å². The minimum absolute atomic E-state index is 0.370. The number of carbonyl (C=O) groups excluding carboxylic acids is 2. The van der Waals surface area contributed by atoms with Gasteiger partial charge in [-0.25, -0.2) is 14.3 Å². The average Bonchev–Trinajstić information content (AvgIpc) is 1.63. The summed E-state index contributed by atoms with van der Waals surface area (Å²) in [6.45, 7) is 0. The zero-order valence-corrected chi connectivity index (χ0v) is 5.10. The number of amides is 3. The van der Waals surface area contributed by atoms with Gasteiger partial charge in [0.15, 0.2) is 12.2 Å². The van der Waals surface area contributed by atoms with Crippen molar-refractivity contribution in [2.24, 2.45) is 11.5 Å². The largest absolute Gasteiger partial charge is 0.418 e. The molecule has 0 aromatic heterocycles. The lowest BCUT2D eigenvalue weighted by Crippen LogP contribution is -2.24. The van der Waals surface area contributed by atoms with Crippen molar-refractivity contribution in [1.82, 2.24) is 4.72 Å². The third kappa shape index (κ3) is 6.89. The van der Waals surface area contributed by atoms with Gasteiger partial charge >= 0.3 is 12.1 Å². The van der Waals surface area contributed by atoms with Crippen LogP contribution in [0, 0.1) is 0 Å². The topological polar surface area (TPSA) is 107 Å².